The molecule has 2 atom stereocenters. The fourth-order valence-corrected chi connectivity index (χ4v) is 4.80. The van der Waals surface area contributed by atoms with Crippen LogP contribution in [0.1, 0.15) is 29.1 Å². The summed E-state index contributed by atoms with van der Waals surface area (Å²) in [6.07, 6.45) is -2.31. The molecule has 0 amide bonds. The summed E-state index contributed by atoms with van der Waals surface area (Å²) in [6.45, 7) is 2.30. The minimum absolute atomic E-state index is 0.0377. The Kier molecular flexibility index (Phi) is 7.72. The lowest BCUT2D eigenvalue weighted by Crippen LogP contribution is -2.33. The molecule has 1 fully saturated rings. The number of aliphatic carboxylic acids is 1. The molecule has 1 saturated heterocycles. The number of halogens is 3. The molecule has 0 unspecified atom stereocenters. The molecule has 1 N–H and O–H groups in total. The summed E-state index contributed by atoms with van der Waals surface area (Å²) in [6, 6.07) is 17.4. The number of anilines is 1. The number of carboxylic acids is 1. The van der Waals surface area contributed by atoms with Crippen molar-refractivity contribution in [2.24, 2.45) is 5.92 Å². The number of hydrogen-bond donors (Lipinski definition) is 1. The predicted octanol–water partition coefficient (Wildman–Crippen LogP) is 5.60. The summed E-state index contributed by atoms with van der Waals surface area (Å²) in [4.78, 5) is 25.5. The molecule has 208 valence electrons. The number of ether oxygens (including phenoxy) is 1. The standard InChI is InChI=1S/C29H27F3N4O4/c1-18-24(34-26(40-18)20-5-3-2-4-6-20)12-14-39-23-9-7-19(8-10-23)15-22-16-21(27(37)38)17-36(22)28-33-13-11-25(35-28)29(30,31)32/h2-11,13,21-22H,12,14-17H2,1H3,(H,37,38)/t21-,22-/m0/s1. The minimum Gasteiger partial charge on any atom is -0.493 e. The predicted molar refractivity (Wildman–Crippen MR) is 140 cm³/mol. The Balaban J connectivity index is 1.21. The second-order valence-corrected chi connectivity index (χ2v) is 9.65. The number of carboxylic acid groups (broad SMARTS) is 1. The Morgan fingerprint density at radius 2 is 1.85 bits per heavy atom. The number of aromatic nitrogens is 3. The number of nitrogens with zero attached hydrogens (tertiary/aromatic N) is 4. The number of carbonyl (C=O) groups is 1. The van der Waals surface area contributed by atoms with E-state index in [1.807, 2.05) is 61.5 Å². The molecular formula is C29H27F3N4O4. The van der Waals surface area contributed by atoms with Gasteiger partial charge in [0.2, 0.25) is 11.8 Å². The lowest BCUT2D eigenvalue weighted by atomic mass is 10.00. The molecule has 3 heterocycles. The zero-order valence-corrected chi connectivity index (χ0v) is 21.6. The van der Waals surface area contributed by atoms with E-state index in [4.69, 9.17) is 9.15 Å². The average Bonchev–Trinajstić information content (AvgIpc) is 3.53. The monoisotopic (exact) mass is 552 g/mol. The van der Waals surface area contributed by atoms with Crippen LogP contribution in [0.3, 0.4) is 0 Å². The van der Waals surface area contributed by atoms with E-state index < -0.39 is 23.8 Å². The Hall–Kier alpha value is -4.41. The third kappa shape index (κ3) is 6.24. The Labute approximate surface area is 228 Å². The van der Waals surface area contributed by atoms with Crippen LogP contribution in [-0.2, 0) is 23.8 Å². The molecular weight excluding hydrogens is 525 g/mol. The van der Waals surface area contributed by atoms with Gasteiger partial charge in [0.25, 0.3) is 0 Å². The van der Waals surface area contributed by atoms with E-state index in [9.17, 15) is 23.1 Å². The van der Waals surface area contributed by atoms with E-state index in [0.717, 1.165) is 34.8 Å². The molecule has 2 aromatic carbocycles. The molecule has 11 heteroatoms. The lowest BCUT2D eigenvalue weighted by molar-refractivity contribution is -0.142. The van der Waals surface area contributed by atoms with E-state index >= 15 is 0 Å². The van der Waals surface area contributed by atoms with Gasteiger partial charge in [-0.3, -0.25) is 4.79 Å². The maximum absolute atomic E-state index is 13.2. The van der Waals surface area contributed by atoms with Gasteiger partial charge in [0.05, 0.1) is 18.2 Å². The molecule has 5 rings (SSSR count). The first-order chi connectivity index (χ1) is 19.2. The van der Waals surface area contributed by atoms with Gasteiger partial charge in [-0.2, -0.15) is 13.2 Å². The molecule has 0 saturated carbocycles. The van der Waals surface area contributed by atoms with Crippen LogP contribution in [0, 0.1) is 12.8 Å². The molecule has 0 radical (unpaired) electrons. The van der Waals surface area contributed by atoms with E-state index in [2.05, 4.69) is 15.0 Å². The fourth-order valence-electron chi connectivity index (χ4n) is 4.80. The number of rotatable bonds is 9. The number of benzene rings is 2. The maximum Gasteiger partial charge on any atom is 0.433 e. The van der Waals surface area contributed by atoms with Crippen LogP contribution in [-0.4, -0.2) is 45.2 Å². The highest BCUT2D eigenvalue weighted by molar-refractivity contribution is 5.72. The summed E-state index contributed by atoms with van der Waals surface area (Å²) in [5.41, 5.74) is 1.55. The van der Waals surface area contributed by atoms with Gasteiger partial charge >= 0.3 is 12.1 Å². The lowest BCUT2D eigenvalue weighted by Gasteiger charge is -2.25. The van der Waals surface area contributed by atoms with Crippen molar-refractivity contribution >= 4 is 11.9 Å². The van der Waals surface area contributed by atoms with Gasteiger partial charge in [0.15, 0.2) is 0 Å². The largest absolute Gasteiger partial charge is 0.493 e. The molecule has 0 bridgehead atoms. The Morgan fingerprint density at radius 1 is 1.10 bits per heavy atom. The van der Waals surface area contributed by atoms with Crippen LogP contribution in [0.15, 0.2) is 71.3 Å². The van der Waals surface area contributed by atoms with E-state index in [0.29, 0.717) is 31.1 Å². The molecule has 40 heavy (non-hydrogen) atoms. The van der Waals surface area contributed by atoms with E-state index in [1.165, 1.54) is 0 Å². The van der Waals surface area contributed by atoms with Crippen LogP contribution in [0.4, 0.5) is 19.1 Å². The molecule has 0 aliphatic carbocycles. The molecule has 8 nitrogen and oxygen atoms in total. The highest BCUT2D eigenvalue weighted by Crippen LogP contribution is 2.33. The number of oxazole rings is 1. The quantitative estimate of drug-likeness (QED) is 0.286. The summed E-state index contributed by atoms with van der Waals surface area (Å²) in [5.74, 6) is 0.111. The topological polar surface area (TPSA) is 102 Å². The van der Waals surface area contributed by atoms with Crippen molar-refractivity contribution in [2.45, 2.75) is 38.4 Å². The third-order valence-electron chi connectivity index (χ3n) is 6.87. The van der Waals surface area contributed by atoms with Gasteiger partial charge < -0.3 is 19.2 Å². The van der Waals surface area contributed by atoms with Crippen molar-refractivity contribution in [1.82, 2.24) is 15.0 Å². The first-order valence-corrected chi connectivity index (χ1v) is 12.8. The van der Waals surface area contributed by atoms with Crippen molar-refractivity contribution in [3.63, 3.8) is 0 Å². The highest BCUT2D eigenvalue weighted by Gasteiger charge is 2.39. The highest BCUT2D eigenvalue weighted by atomic mass is 19.4. The Bertz CT molecular complexity index is 1460. The van der Waals surface area contributed by atoms with Gasteiger partial charge in [0, 0.05) is 30.8 Å². The van der Waals surface area contributed by atoms with Crippen LogP contribution >= 0.6 is 0 Å². The van der Waals surface area contributed by atoms with Crippen LogP contribution < -0.4 is 9.64 Å². The zero-order valence-electron chi connectivity index (χ0n) is 21.6. The fraction of sp³-hybridized carbons (Fsp3) is 0.310. The van der Waals surface area contributed by atoms with Gasteiger partial charge in [-0.1, -0.05) is 30.3 Å². The molecule has 4 aromatic rings. The summed E-state index contributed by atoms with van der Waals surface area (Å²) in [5, 5.41) is 9.55. The van der Waals surface area contributed by atoms with Crippen molar-refractivity contribution < 1.29 is 32.2 Å². The first-order valence-electron chi connectivity index (χ1n) is 12.8. The van der Waals surface area contributed by atoms with Crippen LogP contribution in [0.2, 0.25) is 0 Å². The molecule has 1 aliphatic rings. The van der Waals surface area contributed by atoms with Crippen molar-refractivity contribution in [1.29, 1.82) is 0 Å². The van der Waals surface area contributed by atoms with Crippen LogP contribution in [0.5, 0.6) is 5.75 Å². The number of alkyl halides is 3. The summed E-state index contributed by atoms with van der Waals surface area (Å²) in [7, 11) is 0. The normalized spacial score (nSPS) is 17.2. The van der Waals surface area contributed by atoms with Crippen molar-refractivity contribution in [3.05, 3.63) is 89.6 Å². The van der Waals surface area contributed by atoms with Crippen molar-refractivity contribution in [2.75, 3.05) is 18.1 Å². The Morgan fingerprint density at radius 3 is 2.55 bits per heavy atom. The number of aryl methyl sites for hydroxylation is 1. The third-order valence-corrected chi connectivity index (χ3v) is 6.87. The van der Waals surface area contributed by atoms with Gasteiger partial charge in [-0.25, -0.2) is 15.0 Å². The van der Waals surface area contributed by atoms with Gasteiger partial charge in [-0.15, -0.1) is 0 Å². The van der Waals surface area contributed by atoms with Gasteiger partial charge in [-0.05, 0) is 55.7 Å². The average molecular weight is 553 g/mol. The van der Waals surface area contributed by atoms with Crippen LogP contribution in [0.25, 0.3) is 11.5 Å². The SMILES string of the molecule is Cc1oc(-c2ccccc2)nc1CCOc1ccc(C[C@H]2C[C@H](C(=O)O)CN2c2nccc(C(F)(F)F)n2)cc1. The van der Waals surface area contributed by atoms with E-state index in [-0.39, 0.29) is 25.0 Å². The summed E-state index contributed by atoms with van der Waals surface area (Å²) < 4.78 is 51.3. The minimum atomic E-state index is -4.62. The number of hydrogen-bond acceptors (Lipinski definition) is 7. The molecule has 2 aromatic heterocycles. The second kappa shape index (κ2) is 11.4. The maximum atomic E-state index is 13.2. The van der Waals surface area contributed by atoms with E-state index in [1.54, 1.807) is 4.90 Å². The second-order valence-electron chi connectivity index (χ2n) is 9.65. The zero-order chi connectivity index (χ0) is 28.3. The smallest absolute Gasteiger partial charge is 0.433 e. The first kappa shape index (κ1) is 27.2. The molecule has 1 aliphatic heterocycles. The van der Waals surface area contributed by atoms with Gasteiger partial charge in [0.1, 0.15) is 17.2 Å². The summed E-state index contributed by atoms with van der Waals surface area (Å²) >= 11 is 0. The molecule has 0 spiro atoms. The van der Waals surface area contributed by atoms with Crippen molar-refractivity contribution in [3.8, 4) is 17.2 Å².